The lowest BCUT2D eigenvalue weighted by atomic mass is 9.63. The number of H-pyrrole nitrogens is 1. The van der Waals surface area contributed by atoms with Crippen molar-refractivity contribution in [3.05, 3.63) is 75.5 Å². The SMILES string of the molecule is COC(=O)C1C(O)CCC2CN3CCc4c([nH]c5ccccc45)C3C(OC(=O)c3ccc([N+](=O)[O-])cc3)C21. The standard InChI is InChI=1S/C28H29N3O7/c1-37-28(34)23-21(32)11-8-16-14-30-13-12-19-18-4-2-3-5-20(18)29-24(19)25(30)26(22(16)23)38-27(33)15-6-9-17(10-7-15)31(35)36/h2-7,9-10,16,21-23,25-26,29,32H,8,11-14H2,1H3. The van der Waals surface area contributed by atoms with Crippen LogP contribution in [0.3, 0.4) is 0 Å². The molecule has 38 heavy (non-hydrogen) atoms. The second-order valence-electron chi connectivity index (χ2n) is 10.5. The molecule has 6 rings (SSSR count). The van der Waals surface area contributed by atoms with Crippen LogP contribution < -0.4 is 0 Å². The molecule has 3 heterocycles. The van der Waals surface area contributed by atoms with E-state index in [9.17, 15) is 24.8 Å². The van der Waals surface area contributed by atoms with Crippen LogP contribution in [-0.2, 0) is 20.7 Å². The number of hydrogen-bond acceptors (Lipinski definition) is 8. The number of nitrogens with one attached hydrogen (secondary N) is 1. The van der Waals surface area contributed by atoms with Crippen LogP contribution in [0.15, 0.2) is 48.5 Å². The highest BCUT2D eigenvalue weighted by Gasteiger charge is 2.56. The summed E-state index contributed by atoms with van der Waals surface area (Å²) in [7, 11) is 1.31. The number of piperidine rings is 1. The van der Waals surface area contributed by atoms with Crippen LogP contribution in [-0.4, -0.2) is 64.3 Å². The van der Waals surface area contributed by atoms with Crippen LogP contribution >= 0.6 is 0 Å². The van der Waals surface area contributed by atoms with Gasteiger partial charge in [0.05, 0.1) is 35.7 Å². The van der Waals surface area contributed by atoms with Crippen LogP contribution in [0.4, 0.5) is 5.69 Å². The van der Waals surface area contributed by atoms with Gasteiger partial charge in [-0.3, -0.25) is 19.8 Å². The normalized spacial score (nSPS) is 28.6. The molecule has 0 amide bonds. The first kappa shape index (κ1) is 24.6. The molecule has 2 aromatic carbocycles. The zero-order valence-electron chi connectivity index (χ0n) is 20.9. The summed E-state index contributed by atoms with van der Waals surface area (Å²) in [6.45, 7) is 1.50. The van der Waals surface area contributed by atoms with Gasteiger partial charge in [0.15, 0.2) is 0 Å². The van der Waals surface area contributed by atoms with Crippen molar-refractivity contribution in [1.82, 2.24) is 9.88 Å². The van der Waals surface area contributed by atoms with Crippen molar-refractivity contribution in [2.24, 2.45) is 17.8 Å². The molecule has 1 aliphatic carbocycles. The lowest BCUT2D eigenvalue weighted by molar-refractivity contribution is -0.384. The average molecular weight is 520 g/mol. The summed E-state index contributed by atoms with van der Waals surface area (Å²) in [5.74, 6) is -2.39. The molecule has 10 heteroatoms. The van der Waals surface area contributed by atoms with Crippen molar-refractivity contribution >= 4 is 28.5 Å². The first-order valence-corrected chi connectivity index (χ1v) is 12.9. The van der Waals surface area contributed by atoms with Gasteiger partial charge in [0, 0.05) is 47.7 Å². The Morgan fingerprint density at radius 3 is 2.63 bits per heavy atom. The summed E-state index contributed by atoms with van der Waals surface area (Å²) in [5.41, 5.74) is 3.18. The van der Waals surface area contributed by atoms with Gasteiger partial charge in [-0.25, -0.2) is 4.79 Å². The van der Waals surface area contributed by atoms with Gasteiger partial charge in [-0.1, -0.05) is 18.2 Å². The van der Waals surface area contributed by atoms with E-state index in [4.69, 9.17) is 9.47 Å². The molecule has 3 aromatic rings. The molecule has 2 N–H and O–H groups in total. The van der Waals surface area contributed by atoms with E-state index in [0.29, 0.717) is 12.8 Å². The monoisotopic (exact) mass is 519 g/mol. The number of aliphatic hydroxyl groups is 1. The third kappa shape index (κ3) is 3.95. The summed E-state index contributed by atoms with van der Waals surface area (Å²) in [6, 6.07) is 13.0. The quantitative estimate of drug-likeness (QED) is 0.304. The molecular formula is C28H29N3O7. The summed E-state index contributed by atoms with van der Waals surface area (Å²) in [6.07, 6.45) is 0.372. The number of benzene rings is 2. The summed E-state index contributed by atoms with van der Waals surface area (Å²) in [5, 5.41) is 23.1. The van der Waals surface area contributed by atoms with Gasteiger partial charge in [0.1, 0.15) is 6.10 Å². The maximum atomic E-state index is 13.5. The highest BCUT2D eigenvalue weighted by atomic mass is 16.6. The predicted octanol–water partition coefficient (Wildman–Crippen LogP) is 3.39. The number of para-hydroxylation sites is 1. The maximum absolute atomic E-state index is 13.5. The average Bonchev–Trinajstić information content (AvgIpc) is 3.31. The topological polar surface area (TPSA) is 135 Å². The number of ether oxygens (including phenoxy) is 2. The van der Waals surface area contributed by atoms with Crippen molar-refractivity contribution in [3.63, 3.8) is 0 Å². The third-order valence-electron chi connectivity index (χ3n) is 8.58. The zero-order valence-corrected chi connectivity index (χ0v) is 20.9. The summed E-state index contributed by atoms with van der Waals surface area (Å²) >= 11 is 0. The van der Waals surface area contributed by atoms with Crippen LogP contribution in [0.25, 0.3) is 10.9 Å². The van der Waals surface area contributed by atoms with Crippen molar-refractivity contribution in [2.75, 3.05) is 20.2 Å². The number of methoxy groups -OCH3 is 1. The number of non-ortho nitro benzene ring substituents is 1. The Labute approximate surface area is 218 Å². The van der Waals surface area contributed by atoms with Crippen molar-refractivity contribution in [3.8, 4) is 0 Å². The molecule has 1 aromatic heterocycles. The molecule has 1 saturated carbocycles. The molecule has 0 radical (unpaired) electrons. The molecule has 6 unspecified atom stereocenters. The third-order valence-corrected chi connectivity index (χ3v) is 8.58. The summed E-state index contributed by atoms with van der Waals surface area (Å²) in [4.78, 5) is 42.9. The van der Waals surface area contributed by atoms with Crippen LogP contribution in [0.5, 0.6) is 0 Å². The molecule has 0 bridgehead atoms. The molecule has 2 fully saturated rings. The first-order chi connectivity index (χ1) is 18.4. The molecule has 3 aliphatic rings. The second-order valence-corrected chi connectivity index (χ2v) is 10.5. The highest BCUT2D eigenvalue weighted by Crippen LogP contribution is 2.51. The lowest BCUT2D eigenvalue weighted by Crippen LogP contribution is -2.61. The van der Waals surface area contributed by atoms with Gasteiger partial charge < -0.3 is 19.6 Å². The number of aromatic amines is 1. The largest absolute Gasteiger partial charge is 0.469 e. The van der Waals surface area contributed by atoms with Gasteiger partial charge in [0.2, 0.25) is 0 Å². The van der Waals surface area contributed by atoms with E-state index in [1.165, 1.54) is 36.9 Å². The van der Waals surface area contributed by atoms with Crippen LogP contribution in [0, 0.1) is 27.9 Å². The second kappa shape index (κ2) is 9.52. The molecule has 6 atom stereocenters. The molecule has 198 valence electrons. The molecule has 2 aliphatic heterocycles. The minimum absolute atomic E-state index is 0.0272. The molecule has 1 saturated heterocycles. The van der Waals surface area contributed by atoms with E-state index in [2.05, 4.69) is 16.0 Å². The van der Waals surface area contributed by atoms with Crippen molar-refractivity contribution in [2.45, 2.75) is 37.5 Å². The number of nitro groups is 1. The Balaban J connectivity index is 1.44. The van der Waals surface area contributed by atoms with Crippen LogP contribution in [0.1, 0.15) is 40.5 Å². The highest BCUT2D eigenvalue weighted by molar-refractivity contribution is 5.90. The Morgan fingerprint density at radius 1 is 1.13 bits per heavy atom. The molecule has 0 spiro atoms. The Morgan fingerprint density at radius 2 is 1.89 bits per heavy atom. The van der Waals surface area contributed by atoms with Crippen molar-refractivity contribution in [1.29, 1.82) is 0 Å². The summed E-state index contributed by atoms with van der Waals surface area (Å²) < 4.78 is 11.4. The first-order valence-electron chi connectivity index (χ1n) is 12.9. The smallest absolute Gasteiger partial charge is 0.338 e. The number of aromatic nitrogens is 1. The Hall–Kier alpha value is -3.76. The minimum Gasteiger partial charge on any atom is -0.469 e. The fourth-order valence-electron chi connectivity index (χ4n) is 6.90. The number of nitrogens with zero attached hydrogens (tertiary/aromatic N) is 2. The number of fused-ring (bicyclic) bond motifs is 6. The number of carbonyl (C=O) groups excluding carboxylic acids is 2. The van der Waals surface area contributed by atoms with E-state index in [-0.39, 0.29) is 23.2 Å². The molecular weight excluding hydrogens is 490 g/mol. The van der Waals surface area contributed by atoms with E-state index in [0.717, 1.165) is 36.1 Å². The van der Waals surface area contributed by atoms with Crippen molar-refractivity contribution < 1.29 is 29.1 Å². The van der Waals surface area contributed by atoms with Gasteiger partial charge in [-0.05, 0) is 48.9 Å². The maximum Gasteiger partial charge on any atom is 0.338 e. The number of rotatable bonds is 4. The van der Waals surface area contributed by atoms with Crippen LogP contribution in [0.2, 0.25) is 0 Å². The fourth-order valence-corrected chi connectivity index (χ4v) is 6.90. The number of aliphatic hydroxyl groups excluding tert-OH is 1. The predicted molar refractivity (Wildman–Crippen MR) is 136 cm³/mol. The van der Waals surface area contributed by atoms with E-state index in [1.807, 2.05) is 18.2 Å². The minimum atomic E-state index is -0.901. The zero-order chi connectivity index (χ0) is 26.6. The number of carbonyl (C=O) groups is 2. The van der Waals surface area contributed by atoms with Gasteiger partial charge in [0.25, 0.3) is 5.69 Å². The number of nitro benzene ring substituents is 1. The Bertz CT molecular complexity index is 1400. The van der Waals surface area contributed by atoms with E-state index < -0.39 is 40.9 Å². The van der Waals surface area contributed by atoms with Gasteiger partial charge >= 0.3 is 11.9 Å². The fraction of sp³-hybridized carbons (Fsp3) is 0.429. The van der Waals surface area contributed by atoms with Gasteiger partial charge in [-0.2, -0.15) is 0 Å². The molecule has 10 nitrogen and oxygen atoms in total. The van der Waals surface area contributed by atoms with E-state index in [1.54, 1.807) is 0 Å². The number of esters is 2. The Kier molecular flexibility index (Phi) is 6.16. The van der Waals surface area contributed by atoms with E-state index >= 15 is 0 Å². The number of hydrogen-bond donors (Lipinski definition) is 2. The lowest BCUT2D eigenvalue weighted by Gasteiger charge is -2.54. The van der Waals surface area contributed by atoms with Gasteiger partial charge in [-0.15, -0.1) is 0 Å².